The maximum absolute atomic E-state index is 11.8. The molecule has 0 aromatic heterocycles. The van der Waals surface area contributed by atoms with Crippen LogP contribution in [0.2, 0.25) is 10.0 Å². The first-order valence-corrected chi connectivity index (χ1v) is 7.29. The molecule has 100 valence electrons. The van der Waals surface area contributed by atoms with E-state index in [1.807, 2.05) is 12.1 Å². The van der Waals surface area contributed by atoms with Gasteiger partial charge in [0.1, 0.15) is 0 Å². The molecule has 2 aromatic rings. The fraction of sp³-hybridized carbons (Fsp3) is 0. The monoisotopic (exact) mass is 368 g/mol. The molecular formula is C15H7BrCl2O2. The number of cyclic esters (lactones) is 1. The van der Waals surface area contributed by atoms with Crippen molar-refractivity contribution in [3.8, 4) is 0 Å². The quantitative estimate of drug-likeness (QED) is 0.630. The van der Waals surface area contributed by atoms with Gasteiger partial charge in [-0.3, -0.25) is 0 Å². The standard InChI is InChI=1S/C15H7BrCl2O2/c16-13(8-5-6-11(17)12(18)7-8)14-9-3-1-2-4-10(9)15(19)20-14/h1-7H/b14-13-. The van der Waals surface area contributed by atoms with Crippen LogP contribution in [0.15, 0.2) is 42.5 Å². The average Bonchev–Trinajstić information content (AvgIpc) is 2.79. The van der Waals surface area contributed by atoms with Crippen LogP contribution in [0.4, 0.5) is 0 Å². The minimum atomic E-state index is -0.354. The highest BCUT2D eigenvalue weighted by atomic mass is 79.9. The topological polar surface area (TPSA) is 26.3 Å². The summed E-state index contributed by atoms with van der Waals surface area (Å²) < 4.78 is 6.00. The first-order chi connectivity index (χ1) is 9.58. The zero-order chi connectivity index (χ0) is 14.3. The molecule has 1 aliphatic rings. The number of carbonyl (C=O) groups excluding carboxylic acids is 1. The highest BCUT2D eigenvalue weighted by Gasteiger charge is 2.28. The summed E-state index contributed by atoms with van der Waals surface area (Å²) in [6, 6.07) is 12.5. The van der Waals surface area contributed by atoms with Crippen LogP contribution in [0.1, 0.15) is 21.5 Å². The Balaban J connectivity index is 2.16. The number of carbonyl (C=O) groups is 1. The van der Waals surface area contributed by atoms with Crippen LogP contribution < -0.4 is 0 Å². The number of esters is 1. The van der Waals surface area contributed by atoms with E-state index in [-0.39, 0.29) is 5.97 Å². The van der Waals surface area contributed by atoms with Gasteiger partial charge in [0, 0.05) is 5.56 Å². The molecule has 0 fully saturated rings. The van der Waals surface area contributed by atoms with Gasteiger partial charge in [-0.1, -0.05) is 47.5 Å². The molecule has 0 aliphatic carbocycles. The molecule has 1 aliphatic heterocycles. The van der Waals surface area contributed by atoms with Crippen LogP contribution >= 0.6 is 39.1 Å². The molecule has 0 unspecified atom stereocenters. The van der Waals surface area contributed by atoms with Gasteiger partial charge >= 0.3 is 5.97 Å². The van der Waals surface area contributed by atoms with Crippen molar-refractivity contribution < 1.29 is 9.53 Å². The highest BCUT2D eigenvalue weighted by Crippen LogP contribution is 2.39. The van der Waals surface area contributed by atoms with Crippen LogP contribution in [0.5, 0.6) is 0 Å². The van der Waals surface area contributed by atoms with E-state index in [9.17, 15) is 4.79 Å². The Labute approximate surface area is 134 Å². The van der Waals surface area contributed by atoms with E-state index in [4.69, 9.17) is 27.9 Å². The number of rotatable bonds is 1. The van der Waals surface area contributed by atoms with Gasteiger partial charge in [-0.2, -0.15) is 0 Å². The second-order valence-electron chi connectivity index (χ2n) is 4.21. The summed E-state index contributed by atoms with van der Waals surface area (Å²) in [4.78, 5) is 11.8. The van der Waals surface area contributed by atoms with Crippen molar-refractivity contribution in [3.05, 3.63) is 69.2 Å². The summed E-state index contributed by atoms with van der Waals surface area (Å²) in [5.41, 5.74) is 2.11. The molecule has 20 heavy (non-hydrogen) atoms. The normalized spacial score (nSPS) is 15.8. The van der Waals surface area contributed by atoms with E-state index >= 15 is 0 Å². The lowest BCUT2D eigenvalue weighted by molar-refractivity contribution is 0.0717. The van der Waals surface area contributed by atoms with Crippen LogP contribution in [0.3, 0.4) is 0 Å². The molecule has 2 aromatic carbocycles. The molecule has 0 saturated carbocycles. The van der Waals surface area contributed by atoms with Gasteiger partial charge in [-0.25, -0.2) is 4.79 Å². The van der Waals surface area contributed by atoms with Crippen LogP contribution in [-0.4, -0.2) is 5.97 Å². The summed E-state index contributed by atoms with van der Waals surface area (Å²) in [5, 5.41) is 0.920. The van der Waals surface area contributed by atoms with Crippen molar-refractivity contribution in [2.24, 2.45) is 0 Å². The molecule has 3 rings (SSSR count). The first kappa shape index (κ1) is 13.7. The maximum atomic E-state index is 11.8. The number of benzene rings is 2. The van der Waals surface area contributed by atoms with Crippen molar-refractivity contribution in [2.45, 2.75) is 0 Å². The van der Waals surface area contributed by atoms with Crippen molar-refractivity contribution >= 4 is 55.3 Å². The van der Waals surface area contributed by atoms with Crippen LogP contribution in [-0.2, 0) is 4.74 Å². The average molecular weight is 370 g/mol. The molecule has 0 amide bonds. The Bertz CT molecular complexity index is 753. The summed E-state index contributed by atoms with van der Waals surface area (Å²) in [5.74, 6) is 0.136. The van der Waals surface area contributed by atoms with Gasteiger partial charge < -0.3 is 4.74 Å². The van der Waals surface area contributed by atoms with Crippen molar-refractivity contribution in [2.75, 3.05) is 0 Å². The Kier molecular flexibility index (Phi) is 3.59. The molecular weight excluding hydrogens is 363 g/mol. The summed E-state index contributed by atoms with van der Waals surface area (Å²) in [7, 11) is 0. The maximum Gasteiger partial charge on any atom is 0.344 e. The smallest absolute Gasteiger partial charge is 0.344 e. The number of halogens is 3. The van der Waals surface area contributed by atoms with Gasteiger partial charge in [0.15, 0.2) is 5.76 Å². The minimum absolute atomic E-state index is 0.354. The number of fused-ring (bicyclic) bond motifs is 1. The van der Waals surface area contributed by atoms with Gasteiger partial charge in [-0.05, 0) is 39.7 Å². The van der Waals surface area contributed by atoms with E-state index in [1.165, 1.54) is 0 Å². The summed E-state index contributed by atoms with van der Waals surface area (Å²) in [6.45, 7) is 0. The Morgan fingerprint density at radius 3 is 2.40 bits per heavy atom. The Morgan fingerprint density at radius 1 is 1.00 bits per heavy atom. The van der Waals surface area contributed by atoms with Gasteiger partial charge in [0.25, 0.3) is 0 Å². The van der Waals surface area contributed by atoms with E-state index in [0.717, 1.165) is 11.1 Å². The molecule has 0 atom stereocenters. The highest BCUT2D eigenvalue weighted by molar-refractivity contribution is 9.15. The first-order valence-electron chi connectivity index (χ1n) is 5.74. The number of ether oxygens (including phenoxy) is 1. The SMILES string of the molecule is O=C1O/C(=C(\Br)c2ccc(Cl)c(Cl)c2)c2ccccc21. The molecule has 2 nitrogen and oxygen atoms in total. The van der Waals surface area contributed by atoms with E-state index < -0.39 is 0 Å². The fourth-order valence-corrected chi connectivity index (χ4v) is 2.83. The molecule has 0 N–H and O–H groups in total. The summed E-state index contributed by atoms with van der Waals surface area (Å²) in [6.07, 6.45) is 0. The Hall–Kier alpha value is -1.29. The minimum Gasteiger partial charge on any atom is -0.421 e. The molecule has 0 saturated heterocycles. The third kappa shape index (κ3) is 2.26. The lowest BCUT2D eigenvalue weighted by atomic mass is 10.1. The lowest BCUT2D eigenvalue weighted by Crippen LogP contribution is -1.92. The van der Waals surface area contributed by atoms with E-state index in [0.29, 0.717) is 25.9 Å². The predicted octanol–water partition coefficient (Wildman–Crippen LogP) is 5.38. The fourth-order valence-electron chi connectivity index (χ4n) is 1.99. The number of hydrogen-bond acceptors (Lipinski definition) is 2. The second-order valence-corrected chi connectivity index (χ2v) is 5.81. The number of hydrogen-bond donors (Lipinski definition) is 0. The third-order valence-corrected chi connectivity index (χ3v) is 4.52. The molecule has 0 spiro atoms. The third-order valence-electron chi connectivity index (χ3n) is 2.96. The lowest BCUT2D eigenvalue weighted by Gasteiger charge is -2.06. The van der Waals surface area contributed by atoms with Crippen LogP contribution in [0.25, 0.3) is 10.2 Å². The molecule has 0 radical (unpaired) electrons. The van der Waals surface area contributed by atoms with Gasteiger partial charge in [-0.15, -0.1) is 0 Å². The second kappa shape index (κ2) is 5.24. The largest absolute Gasteiger partial charge is 0.421 e. The molecule has 5 heteroatoms. The van der Waals surface area contributed by atoms with Crippen molar-refractivity contribution in [3.63, 3.8) is 0 Å². The molecule has 1 heterocycles. The van der Waals surface area contributed by atoms with E-state index in [1.54, 1.807) is 30.3 Å². The predicted molar refractivity (Wildman–Crippen MR) is 84.1 cm³/mol. The van der Waals surface area contributed by atoms with E-state index in [2.05, 4.69) is 15.9 Å². The van der Waals surface area contributed by atoms with Crippen LogP contribution in [0, 0.1) is 0 Å². The Morgan fingerprint density at radius 2 is 1.70 bits per heavy atom. The van der Waals surface area contributed by atoms with Crippen molar-refractivity contribution in [1.29, 1.82) is 0 Å². The van der Waals surface area contributed by atoms with Gasteiger partial charge in [0.05, 0.1) is 20.1 Å². The molecule has 0 bridgehead atoms. The summed E-state index contributed by atoms with van der Waals surface area (Å²) >= 11 is 15.4. The van der Waals surface area contributed by atoms with Gasteiger partial charge in [0.2, 0.25) is 0 Å². The zero-order valence-electron chi connectivity index (χ0n) is 9.99. The zero-order valence-corrected chi connectivity index (χ0v) is 13.1. The van der Waals surface area contributed by atoms with Crippen molar-refractivity contribution in [1.82, 2.24) is 0 Å².